The van der Waals surface area contributed by atoms with Gasteiger partial charge in [-0.1, -0.05) is 23.7 Å². The van der Waals surface area contributed by atoms with Crippen molar-refractivity contribution < 1.29 is 13.2 Å². The molecule has 2 rings (SSSR count). The van der Waals surface area contributed by atoms with Crippen molar-refractivity contribution >= 4 is 38.9 Å². The Hall–Kier alpha value is -1.41. The van der Waals surface area contributed by atoms with Gasteiger partial charge in [0.05, 0.1) is 6.54 Å². The lowest BCUT2D eigenvalue weighted by Crippen LogP contribution is -2.36. The number of rotatable bonds is 6. The largest absolute Gasteiger partial charge is 0.351 e. The van der Waals surface area contributed by atoms with Crippen LogP contribution in [0.3, 0.4) is 0 Å². The van der Waals surface area contributed by atoms with E-state index in [0.29, 0.717) is 11.6 Å². The molecule has 1 aromatic heterocycles. The van der Waals surface area contributed by atoms with Crippen molar-refractivity contribution in [2.75, 3.05) is 6.54 Å². The van der Waals surface area contributed by atoms with Gasteiger partial charge in [0.2, 0.25) is 5.91 Å². The molecule has 0 bridgehead atoms. The molecule has 1 heterocycles. The highest BCUT2D eigenvalue weighted by molar-refractivity contribution is 7.91. The minimum Gasteiger partial charge on any atom is -0.351 e. The number of hydrogen-bond donors (Lipinski definition) is 2. The van der Waals surface area contributed by atoms with Crippen LogP contribution in [0.1, 0.15) is 10.4 Å². The van der Waals surface area contributed by atoms with Gasteiger partial charge in [0.25, 0.3) is 10.0 Å². The third-order valence-electron chi connectivity index (χ3n) is 2.81. The second-order valence-electron chi connectivity index (χ2n) is 4.59. The lowest BCUT2D eigenvalue weighted by atomic mass is 10.2. The van der Waals surface area contributed by atoms with Gasteiger partial charge in [-0.2, -0.15) is 0 Å². The van der Waals surface area contributed by atoms with Crippen LogP contribution in [0, 0.1) is 6.92 Å². The summed E-state index contributed by atoms with van der Waals surface area (Å²) < 4.78 is 26.4. The van der Waals surface area contributed by atoms with Gasteiger partial charge in [-0.3, -0.25) is 4.79 Å². The molecule has 0 fully saturated rings. The number of benzene rings is 1. The zero-order valence-corrected chi connectivity index (χ0v) is 14.2. The Kier molecular flexibility index (Phi) is 5.57. The number of thiophene rings is 1. The normalized spacial score (nSPS) is 11.4. The number of aryl methyl sites for hydroxylation is 1. The molecule has 0 atom stereocenters. The molecule has 22 heavy (non-hydrogen) atoms. The molecule has 1 amide bonds. The van der Waals surface area contributed by atoms with Crippen LogP contribution in [0.15, 0.2) is 40.6 Å². The maximum atomic E-state index is 12.0. The van der Waals surface area contributed by atoms with Crippen LogP contribution in [0.25, 0.3) is 0 Å². The number of hydrogen-bond acceptors (Lipinski definition) is 4. The number of carbonyl (C=O) groups excluding carboxylic acids is 1. The first-order chi connectivity index (χ1) is 10.4. The van der Waals surface area contributed by atoms with E-state index in [1.54, 1.807) is 30.3 Å². The van der Waals surface area contributed by atoms with E-state index in [0.717, 1.165) is 21.8 Å². The summed E-state index contributed by atoms with van der Waals surface area (Å²) in [5.74, 6) is -0.396. The lowest BCUT2D eigenvalue weighted by molar-refractivity contribution is -0.120. The van der Waals surface area contributed by atoms with Crippen molar-refractivity contribution in [1.82, 2.24) is 10.0 Å². The Morgan fingerprint density at radius 1 is 1.18 bits per heavy atom. The van der Waals surface area contributed by atoms with E-state index in [4.69, 9.17) is 11.6 Å². The van der Waals surface area contributed by atoms with Gasteiger partial charge in [0.1, 0.15) is 4.21 Å². The highest BCUT2D eigenvalue weighted by Crippen LogP contribution is 2.19. The zero-order valence-electron chi connectivity index (χ0n) is 11.8. The molecule has 1 aromatic carbocycles. The van der Waals surface area contributed by atoms with E-state index in [1.165, 1.54) is 6.07 Å². The van der Waals surface area contributed by atoms with Crippen LogP contribution in [-0.4, -0.2) is 20.9 Å². The summed E-state index contributed by atoms with van der Waals surface area (Å²) in [6.07, 6.45) is 0. The van der Waals surface area contributed by atoms with E-state index in [9.17, 15) is 13.2 Å². The standard InChI is InChI=1S/C14H15ClN2O3S2/c1-10-2-7-14(21-10)22(19,20)17-9-13(18)16-8-11-3-5-12(15)6-4-11/h2-7,17H,8-9H2,1H3,(H,16,18). The van der Waals surface area contributed by atoms with E-state index >= 15 is 0 Å². The molecule has 8 heteroatoms. The van der Waals surface area contributed by atoms with Crippen LogP contribution in [0.5, 0.6) is 0 Å². The number of carbonyl (C=O) groups is 1. The lowest BCUT2D eigenvalue weighted by Gasteiger charge is -2.07. The van der Waals surface area contributed by atoms with E-state index in [-0.39, 0.29) is 10.8 Å². The Balaban J connectivity index is 1.83. The first kappa shape index (κ1) is 17.0. The third kappa shape index (κ3) is 4.81. The summed E-state index contributed by atoms with van der Waals surface area (Å²) in [4.78, 5) is 12.6. The second-order valence-corrected chi connectivity index (χ2v) is 8.31. The molecule has 0 saturated carbocycles. The summed E-state index contributed by atoms with van der Waals surface area (Å²) in [7, 11) is -3.63. The SMILES string of the molecule is Cc1ccc(S(=O)(=O)NCC(=O)NCc2ccc(Cl)cc2)s1. The van der Waals surface area contributed by atoms with Crippen molar-refractivity contribution in [2.24, 2.45) is 0 Å². The topological polar surface area (TPSA) is 75.3 Å². The molecule has 118 valence electrons. The molecule has 0 spiro atoms. The Morgan fingerprint density at radius 2 is 1.86 bits per heavy atom. The van der Waals surface area contributed by atoms with Gasteiger partial charge in [0.15, 0.2) is 0 Å². The molecular weight excluding hydrogens is 344 g/mol. The van der Waals surface area contributed by atoms with Crippen LogP contribution in [0.2, 0.25) is 5.02 Å². The van der Waals surface area contributed by atoms with Crippen molar-refractivity contribution in [3.63, 3.8) is 0 Å². The summed E-state index contributed by atoms with van der Waals surface area (Å²) >= 11 is 6.93. The third-order valence-corrected chi connectivity index (χ3v) is 5.95. The van der Waals surface area contributed by atoms with Crippen molar-refractivity contribution in [2.45, 2.75) is 17.7 Å². The number of sulfonamides is 1. The Bertz CT molecular complexity index is 755. The molecule has 0 radical (unpaired) electrons. The fraction of sp³-hybridized carbons (Fsp3) is 0.214. The van der Waals surface area contributed by atoms with Gasteiger partial charge >= 0.3 is 0 Å². The van der Waals surface area contributed by atoms with Crippen LogP contribution >= 0.6 is 22.9 Å². The molecule has 0 unspecified atom stereocenters. The monoisotopic (exact) mass is 358 g/mol. The number of halogens is 1. The number of amides is 1. The number of nitrogens with one attached hydrogen (secondary N) is 2. The van der Waals surface area contributed by atoms with Crippen molar-refractivity contribution in [1.29, 1.82) is 0 Å². The molecule has 0 aliphatic carbocycles. The average molecular weight is 359 g/mol. The van der Waals surface area contributed by atoms with Gasteiger partial charge in [-0.05, 0) is 36.8 Å². The minimum atomic E-state index is -3.63. The van der Waals surface area contributed by atoms with Crippen LogP contribution in [-0.2, 0) is 21.4 Å². The van der Waals surface area contributed by atoms with Gasteiger partial charge in [-0.15, -0.1) is 11.3 Å². The summed E-state index contributed by atoms with van der Waals surface area (Å²) in [6.45, 7) is 1.84. The molecule has 2 aromatic rings. The maximum absolute atomic E-state index is 12.0. The Labute approximate surface area is 138 Å². The van der Waals surface area contributed by atoms with Crippen LogP contribution < -0.4 is 10.0 Å². The summed E-state index contributed by atoms with van der Waals surface area (Å²) in [6, 6.07) is 10.3. The molecule has 0 aliphatic rings. The fourth-order valence-corrected chi connectivity index (χ4v) is 4.09. The van der Waals surface area contributed by atoms with Crippen LogP contribution in [0.4, 0.5) is 0 Å². The van der Waals surface area contributed by atoms with Gasteiger partial charge in [-0.25, -0.2) is 13.1 Å². The zero-order chi connectivity index (χ0) is 16.2. The summed E-state index contributed by atoms with van der Waals surface area (Å²) in [5, 5.41) is 3.26. The first-order valence-electron chi connectivity index (χ1n) is 6.44. The quantitative estimate of drug-likeness (QED) is 0.832. The van der Waals surface area contributed by atoms with E-state index in [1.807, 2.05) is 6.92 Å². The fourth-order valence-electron chi connectivity index (χ4n) is 1.65. The minimum absolute atomic E-state index is 0.204. The highest BCUT2D eigenvalue weighted by Gasteiger charge is 2.17. The molecular formula is C14H15ClN2O3S2. The van der Waals surface area contributed by atoms with E-state index in [2.05, 4.69) is 10.0 Å². The summed E-state index contributed by atoms with van der Waals surface area (Å²) in [5.41, 5.74) is 0.884. The van der Waals surface area contributed by atoms with Gasteiger partial charge in [0, 0.05) is 16.4 Å². The first-order valence-corrected chi connectivity index (χ1v) is 9.12. The smallest absolute Gasteiger partial charge is 0.250 e. The maximum Gasteiger partial charge on any atom is 0.250 e. The van der Waals surface area contributed by atoms with Gasteiger partial charge < -0.3 is 5.32 Å². The molecule has 5 nitrogen and oxygen atoms in total. The van der Waals surface area contributed by atoms with Crippen molar-refractivity contribution in [3.05, 3.63) is 51.9 Å². The molecule has 2 N–H and O–H groups in total. The molecule has 0 saturated heterocycles. The Morgan fingerprint density at radius 3 is 2.45 bits per heavy atom. The highest BCUT2D eigenvalue weighted by atomic mass is 35.5. The van der Waals surface area contributed by atoms with E-state index < -0.39 is 15.9 Å². The second kappa shape index (κ2) is 7.23. The predicted molar refractivity (Wildman–Crippen MR) is 87.5 cm³/mol. The molecule has 0 aliphatic heterocycles. The predicted octanol–water partition coefficient (Wildman–Crippen LogP) is 2.30. The average Bonchev–Trinajstić information content (AvgIpc) is 2.92. The van der Waals surface area contributed by atoms with Crippen molar-refractivity contribution in [3.8, 4) is 0 Å².